The van der Waals surface area contributed by atoms with E-state index in [0.29, 0.717) is 11.3 Å². The fourth-order valence-electron chi connectivity index (χ4n) is 2.59. The summed E-state index contributed by atoms with van der Waals surface area (Å²) in [5.74, 6) is -0.519. The minimum absolute atomic E-state index is 0.0962. The van der Waals surface area contributed by atoms with E-state index >= 15 is 0 Å². The Kier molecular flexibility index (Phi) is 6.12. The summed E-state index contributed by atoms with van der Waals surface area (Å²) in [6, 6.07) is 9.08. The van der Waals surface area contributed by atoms with Gasteiger partial charge < -0.3 is 10.1 Å². The molecule has 1 amide bonds. The summed E-state index contributed by atoms with van der Waals surface area (Å²) in [5.41, 5.74) is 0.814. The second-order valence-electron chi connectivity index (χ2n) is 5.49. The van der Waals surface area contributed by atoms with E-state index in [9.17, 15) is 9.59 Å². The van der Waals surface area contributed by atoms with Gasteiger partial charge in [-0.3, -0.25) is 9.69 Å². The number of carbonyl (C=O) groups excluding carboxylic acids is 2. The van der Waals surface area contributed by atoms with Gasteiger partial charge in [-0.25, -0.2) is 4.79 Å². The van der Waals surface area contributed by atoms with Gasteiger partial charge in [0.05, 0.1) is 30.5 Å². The largest absolute Gasteiger partial charge is 0.462 e. The zero-order valence-corrected chi connectivity index (χ0v) is 13.2. The molecule has 0 aliphatic carbocycles. The summed E-state index contributed by atoms with van der Waals surface area (Å²) >= 11 is 0. The molecule has 2 rings (SSSR count). The van der Waals surface area contributed by atoms with Crippen LogP contribution >= 0.6 is 0 Å². The molecule has 0 aromatic heterocycles. The van der Waals surface area contributed by atoms with Crippen LogP contribution in [0.5, 0.6) is 0 Å². The predicted octanol–water partition coefficient (Wildman–Crippen LogP) is 2.04. The number of nitrogens with zero attached hydrogens (tertiary/aromatic N) is 2. The lowest BCUT2D eigenvalue weighted by Gasteiger charge is -2.28. The highest BCUT2D eigenvalue weighted by Crippen LogP contribution is 2.18. The minimum Gasteiger partial charge on any atom is -0.462 e. The van der Waals surface area contributed by atoms with Crippen molar-refractivity contribution < 1.29 is 14.3 Å². The van der Waals surface area contributed by atoms with Gasteiger partial charge in [0.25, 0.3) is 0 Å². The van der Waals surface area contributed by atoms with Crippen molar-refractivity contribution in [3.05, 3.63) is 29.8 Å². The maximum absolute atomic E-state index is 12.2. The molecule has 1 aromatic rings. The molecule has 0 atom stereocenters. The number of rotatable bonds is 5. The van der Waals surface area contributed by atoms with Crippen molar-refractivity contribution in [3.8, 4) is 6.07 Å². The smallest absolute Gasteiger partial charge is 0.340 e. The van der Waals surface area contributed by atoms with Crippen molar-refractivity contribution in [2.24, 2.45) is 5.92 Å². The van der Waals surface area contributed by atoms with E-state index in [2.05, 4.69) is 11.4 Å². The number of anilines is 1. The van der Waals surface area contributed by atoms with Crippen LogP contribution < -0.4 is 5.32 Å². The lowest BCUT2D eigenvalue weighted by molar-refractivity contribution is -0.117. The summed E-state index contributed by atoms with van der Waals surface area (Å²) in [6.07, 6.45) is 1.59. The molecule has 0 saturated carbocycles. The number of esters is 1. The Morgan fingerprint density at radius 2 is 2.04 bits per heavy atom. The van der Waals surface area contributed by atoms with E-state index in [4.69, 9.17) is 10.00 Å². The molecule has 0 bridgehead atoms. The van der Waals surface area contributed by atoms with Gasteiger partial charge in [0.15, 0.2) is 0 Å². The molecule has 0 unspecified atom stereocenters. The minimum atomic E-state index is -0.446. The quantitative estimate of drug-likeness (QED) is 0.841. The highest BCUT2D eigenvalue weighted by atomic mass is 16.5. The van der Waals surface area contributed by atoms with Gasteiger partial charge in [-0.2, -0.15) is 5.26 Å². The molecule has 1 aliphatic rings. The molecule has 122 valence electrons. The normalized spacial score (nSPS) is 15.7. The fourth-order valence-corrected chi connectivity index (χ4v) is 2.59. The van der Waals surface area contributed by atoms with Crippen LogP contribution in [0.2, 0.25) is 0 Å². The highest BCUT2D eigenvalue weighted by Gasteiger charge is 2.21. The van der Waals surface area contributed by atoms with Crippen LogP contribution in [0.3, 0.4) is 0 Å². The molecule has 1 aliphatic heterocycles. The van der Waals surface area contributed by atoms with Crippen LogP contribution in [-0.4, -0.2) is 43.0 Å². The Morgan fingerprint density at radius 1 is 1.35 bits per heavy atom. The van der Waals surface area contributed by atoms with Crippen molar-refractivity contribution >= 4 is 17.6 Å². The van der Waals surface area contributed by atoms with Crippen molar-refractivity contribution in [1.29, 1.82) is 5.26 Å². The molecule has 1 N–H and O–H groups in total. The van der Waals surface area contributed by atoms with Gasteiger partial charge in [-0.15, -0.1) is 0 Å². The van der Waals surface area contributed by atoms with Crippen molar-refractivity contribution in [3.63, 3.8) is 0 Å². The first-order valence-electron chi connectivity index (χ1n) is 7.82. The fraction of sp³-hybridized carbons (Fsp3) is 0.471. The van der Waals surface area contributed by atoms with E-state index in [1.54, 1.807) is 31.2 Å². The third-order valence-electron chi connectivity index (χ3n) is 3.83. The van der Waals surface area contributed by atoms with Gasteiger partial charge in [0.2, 0.25) is 5.91 Å². The number of likely N-dealkylation sites (tertiary alicyclic amines) is 1. The number of nitriles is 1. The number of carbonyl (C=O) groups is 2. The molecule has 6 nitrogen and oxygen atoms in total. The van der Waals surface area contributed by atoms with E-state index < -0.39 is 5.97 Å². The first-order chi connectivity index (χ1) is 11.1. The Morgan fingerprint density at radius 3 is 2.70 bits per heavy atom. The van der Waals surface area contributed by atoms with Crippen LogP contribution in [0, 0.1) is 17.2 Å². The number of hydrogen-bond acceptors (Lipinski definition) is 5. The van der Waals surface area contributed by atoms with Gasteiger partial charge in [-0.05, 0) is 45.0 Å². The third kappa shape index (κ3) is 4.80. The van der Waals surface area contributed by atoms with E-state index in [-0.39, 0.29) is 25.0 Å². The summed E-state index contributed by atoms with van der Waals surface area (Å²) in [5, 5.41) is 11.7. The monoisotopic (exact) mass is 315 g/mol. The van der Waals surface area contributed by atoms with Gasteiger partial charge in [0, 0.05) is 5.92 Å². The number of ether oxygens (including phenoxy) is 1. The van der Waals surface area contributed by atoms with Crippen LogP contribution in [0.1, 0.15) is 30.1 Å². The summed E-state index contributed by atoms with van der Waals surface area (Å²) in [7, 11) is 0. The molecule has 0 radical (unpaired) electrons. The standard InChI is InChI=1S/C17H21N3O3/c1-2-23-17(22)14-5-3-4-6-15(14)19-16(21)12-20-9-7-13(11-18)8-10-20/h3-6,13H,2,7-10,12H2,1H3,(H,19,21). The van der Waals surface area contributed by atoms with Gasteiger partial charge >= 0.3 is 5.97 Å². The lowest BCUT2D eigenvalue weighted by atomic mass is 9.99. The first-order valence-corrected chi connectivity index (χ1v) is 7.82. The maximum atomic E-state index is 12.2. The van der Waals surface area contributed by atoms with Crippen molar-refractivity contribution in [2.45, 2.75) is 19.8 Å². The van der Waals surface area contributed by atoms with Crippen molar-refractivity contribution in [1.82, 2.24) is 4.90 Å². The van der Waals surface area contributed by atoms with Crippen LogP contribution in [0.15, 0.2) is 24.3 Å². The molecular formula is C17H21N3O3. The lowest BCUT2D eigenvalue weighted by Crippen LogP contribution is -2.39. The SMILES string of the molecule is CCOC(=O)c1ccccc1NC(=O)CN1CCC(C#N)CC1. The molecule has 1 fully saturated rings. The molecule has 0 spiro atoms. The third-order valence-corrected chi connectivity index (χ3v) is 3.83. The molecule has 1 heterocycles. The van der Waals surface area contributed by atoms with Crippen LogP contribution in [-0.2, 0) is 9.53 Å². The number of nitrogens with one attached hydrogen (secondary N) is 1. The second-order valence-corrected chi connectivity index (χ2v) is 5.49. The number of hydrogen-bond donors (Lipinski definition) is 1. The average Bonchev–Trinajstić information content (AvgIpc) is 2.56. The first kappa shape index (κ1) is 17.0. The Bertz CT molecular complexity index is 601. The predicted molar refractivity (Wildman–Crippen MR) is 85.8 cm³/mol. The molecule has 23 heavy (non-hydrogen) atoms. The Hall–Kier alpha value is -2.39. The number of benzene rings is 1. The summed E-state index contributed by atoms with van der Waals surface area (Å²) in [6.45, 7) is 3.77. The summed E-state index contributed by atoms with van der Waals surface area (Å²) < 4.78 is 4.99. The average molecular weight is 315 g/mol. The topological polar surface area (TPSA) is 82.4 Å². The van der Waals surface area contributed by atoms with Crippen LogP contribution in [0.25, 0.3) is 0 Å². The van der Waals surface area contributed by atoms with Gasteiger partial charge in [-0.1, -0.05) is 12.1 Å². The summed E-state index contributed by atoms with van der Waals surface area (Å²) in [4.78, 5) is 26.1. The molecule has 1 saturated heterocycles. The Labute approximate surface area is 136 Å². The maximum Gasteiger partial charge on any atom is 0.340 e. The number of para-hydroxylation sites is 1. The molecule has 1 aromatic carbocycles. The van der Waals surface area contributed by atoms with Gasteiger partial charge in [0.1, 0.15) is 0 Å². The second kappa shape index (κ2) is 8.30. The Balaban J connectivity index is 1.93. The van der Waals surface area contributed by atoms with E-state index in [0.717, 1.165) is 25.9 Å². The van der Waals surface area contributed by atoms with Crippen molar-refractivity contribution in [2.75, 3.05) is 31.6 Å². The van der Waals surface area contributed by atoms with E-state index in [1.165, 1.54) is 0 Å². The molecular weight excluding hydrogens is 294 g/mol. The highest BCUT2D eigenvalue weighted by molar-refractivity contribution is 6.01. The number of piperidine rings is 1. The zero-order chi connectivity index (χ0) is 16.7. The number of amides is 1. The molecule has 6 heteroatoms. The van der Waals surface area contributed by atoms with Crippen LogP contribution in [0.4, 0.5) is 5.69 Å². The zero-order valence-electron chi connectivity index (χ0n) is 13.2. The van der Waals surface area contributed by atoms with E-state index in [1.807, 2.05) is 4.90 Å².